The summed E-state index contributed by atoms with van der Waals surface area (Å²) in [4.78, 5) is 5.43. The molecule has 25 heavy (non-hydrogen) atoms. The van der Waals surface area contributed by atoms with Crippen molar-refractivity contribution in [2.24, 2.45) is 10.1 Å². The zero-order chi connectivity index (χ0) is 17.8. The highest BCUT2D eigenvalue weighted by molar-refractivity contribution is 7.07. The molecule has 2 aromatic heterocycles. The molecule has 0 fully saturated rings. The van der Waals surface area contributed by atoms with Gasteiger partial charge in [-0.25, -0.2) is 4.68 Å². The van der Waals surface area contributed by atoms with Gasteiger partial charge in [0.25, 0.3) is 0 Å². The number of hydrogen-bond donors (Lipinski definition) is 0. The van der Waals surface area contributed by atoms with Gasteiger partial charge in [0.2, 0.25) is 4.80 Å². The molecule has 128 valence electrons. The monoisotopic (exact) mass is 351 g/mol. The van der Waals surface area contributed by atoms with Crippen LogP contribution in [0.15, 0.2) is 68.6 Å². The molecule has 1 aromatic carbocycles. The van der Waals surface area contributed by atoms with Crippen LogP contribution in [0.5, 0.6) is 0 Å². The minimum atomic E-state index is 0.581. The molecule has 0 N–H and O–H groups in total. The molecule has 4 nitrogen and oxygen atoms in total. The molecule has 0 aliphatic heterocycles. The SMILES string of the molecule is C=C(C)CN=c1scc(-c2ccco2)n1N=Cc1ccc(C)cc1C. The Balaban J connectivity index is 2.06. The number of furan rings is 1. The van der Waals surface area contributed by atoms with Crippen molar-refractivity contribution in [3.8, 4) is 11.5 Å². The average molecular weight is 351 g/mol. The van der Waals surface area contributed by atoms with Crippen LogP contribution in [0.25, 0.3) is 11.5 Å². The Morgan fingerprint density at radius 3 is 2.84 bits per heavy atom. The number of aryl methyl sites for hydroxylation is 2. The van der Waals surface area contributed by atoms with Gasteiger partial charge in [0.15, 0.2) is 5.76 Å². The largest absolute Gasteiger partial charge is 0.463 e. The van der Waals surface area contributed by atoms with Crippen molar-refractivity contribution in [2.75, 3.05) is 6.54 Å². The normalized spacial score (nSPS) is 12.2. The zero-order valence-electron chi connectivity index (χ0n) is 14.7. The molecule has 0 atom stereocenters. The van der Waals surface area contributed by atoms with Crippen molar-refractivity contribution in [1.29, 1.82) is 0 Å². The molecule has 0 saturated carbocycles. The number of aromatic nitrogens is 1. The molecule has 0 amide bonds. The lowest BCUT2D eigenvalue weighted by atomic mass is 10.1. The van der Waals surface area contributed by atoms with E-state index in [1.807, 2.05) is 35.3 Å². The van der Waals surface area contributed by atoms with E-state index in [2.05, 4.69) is 48.7 Å². The molecule has 0 bridgehead atoms. The van der Waals surface area contributed by atoms with Crippen LogP contribution in [-0.2, 0) is 0 Å². The fraction of sp³-hybridized carbons (Fsp3) is 0.200. The smallest absolute Gasteiger partial charge is 0.206 e. The van der Waals surface area contributed by atoms with Gasteiger partial charge in [-0.15, -0.1) is 11.3 Å². The minimum Gasteiger partial charge on any atom is -0.463 e. The summed E-state index contributed by atoms with van der Waals surface area (Å²) in [5.74, 6) is 0.769. The zero-order valence-corrected chi connectivity index (χ0v) is 15.5. The van der Waals surface area contributed by atoms with Gasteiger partial charge in [-0.2, -0.15) is 5.10 Å². The molecule has 3 aromatic rings. The van der Waals surface area contributed by atoms with Crippen LogP contribution in [0.4, 0.5) is 0 Å². The molecule has 0 radical (unpaired) electrons. The van der Waals surface area contributed by atoms with E-state index in [1.54, 1.807) is 6.26 Å². The Kier molecular flexibility index (Phi) is 5.14. The number of benzene rings is 1. The summed E-state index contributed by atoms with van der Waals surface area (Å²) >= 11 is 1.54. The minimum absolute atomic E-state index is 0.581. The Labute approximate surface area is 151 Å². The van der Waals surface area contributed by atoms with Crippen LogP contribution in [-0.4, -0.2) is 17.4 Å². The van der Waals surface area contributed by atoms with E-state index in [4.69, 9.17) is 4.42 Å². The Morgan fingerprint density at radius 1 is 1.32 bits per heavy atom. The standard InChI is InChI=1S/C20H21N3OS/c1-14(2)11-21-20-23(18(13-25-20)19-6-5-9-24-19)22-12-17-8-7-15(3)10-16(17)4/h5-10,12-13H,1,11H2,2-4H3. The maximum absolute atomic E-state index is 5.54. The predicted molar refractivity (Wildman–Crippen MR) is 104 cm³/mol. The molecular formula is C20H21N3OS. The van der Waals surface area contributed by atoms with E-state index < -0.39 is 0 Å². The number of hydrogen-bond acceptors (Lipinski definition) is 4. The fourth-order valence-corrected chi connectivity index (χ4v) is 3.22. The van der Waals surface area contributed by atoms with E-state index >= 15 is 0 Å². The summed E-state index contributed by atoms with van der Waals surface area (Å²) in [5, 5.41) is 6.69. The molecule has 0 spiro atoms. The molecule has 0 unspecified atom stereocenters. The Bertz CT molecular complexity index is 975. The van der Waals surface area contributed by atoms with Crippen molar-refractivity contribution in [3.63, 3.8) is 0 Å². The van der Waals surface area contributed by atoms with Gasteiger partial charge in [-0.3, -0.25) is 4.99 Å². The van der Waals surface area contributed by atoms with Gasteiger partial charge in [0.1, 0.15) is 5.69 Å². The van der Waals surface area contributed by atoms with Crippen LogP contribution in [0.2, 0.25) is 0 Å². The molecule has 3 rings (SSSR count). The lowest BCUT2D eigenvalue weighted by Crippen LogP contribution is -2.13. The van der Waals surface area contributed by atoms with Crippen molar-refractivity contribution in [1.82, 2.24) is 4.68 Å². The van der Waals surface area contributed by atoms with E-state index in [0.717, 1.165) is 27.4 Å². The highest BCUT2D eigenvalue weighted by atomic mass is 32.1. The quantitative estimate of drug-likeness (QED) is 0.481. The second-order valence-corrected chi connectivity index (χ2v) is 6.91. The number of rotatable bonds is 5. The van der Waals surface area contributed by atoms with Gasteiger partial charge in [-0.1, -0.05) is 35.9 Å². The lowest BCUT2D eigenvalue weighted by molar-refractivity contribution is 0.575. The third-order valence-corrected chi connectivity index (χ3v) is 4.53. The third kappa shape index (κ3) is 4.06. The summed E-state index contributed by atoms with van der Waals surface area (Å²) in [6, 6.07) is 10.1. The summed E-state index contributed by atoms with van der Waals surface area (Å²) in [6.45, 7) is 10.6. The average Bonchev–Trinajstić information content (AvgIpc) is 3.21. The van der Waals surface area contributed by atoms with Crippen LogP contribution in [0, 0.1) is 13.8 Å². The van der Waals surface area contributed by atoms with Gasteiger partial charge in [0, 0.05) is 5.38 Å². The second-order valence-electron chi connectivity index (χ2n) is 6.07. The first-order valence-corrected chi connectivity index (χ1v) is 8.93. The third-order valence-electron chi connectivity index (χ3n) is 3.68. The molecule has 5 heteroatoms. The maximum Gasteiger partial charge on any atom is 0.206 e. The molecular weight excluding hydrogens is 330 g/mol. The van der Waals surface area contributed by atoms with Gasteiger partial charge in [-0.05, 0) is 44.0 Å². The van der Waals surface area contributed by atoms with E-state index in [0.29, 0.717) is 6.54 Å². The Hall–Kier alpha value is -2.66. The lowest BCUT2D eigenvalue weighted by Gasteiger charge is -2.03. The van der Waals surface area contributed by atoms with E-state index in [9.17, 15) is 0 Å². The topological polar surface area (TPSA) is 42.8 Å². The van der Waals surface area contributed by atoms with Crippen molar-refractivity contribution < 1.29 is 4.42 Å². The summed E-state index contributed by atoms with van der Waals surface area (Å²) < 4.78 is 7.37. The predicted octanol–water partition coefficient (Wildman–Crippen LogP) is 4.79. The van der Waals surface area contributed by atoms with Gasteiger partial charge in [0.05, 0.1) is 19.0 Å². The van der Waals surface area contributed by atoms with Gasteiger partial charge >= 0.3 is 0 Å². The first-order valence-electron chi connectivity index (χ1n) is 8.05. The van der Waals surface area contributed by atoms with Crippen molar-refractivity contribution >= 4 is 17.6 Å². The van der Waals surface area contributed by atoms with E-state index in [1.165, 1.54) is 22.5 Å². The maximum atomic E-state index is 5.54. The molecule has 0 saturated heterocycles. The van der Waals surface area contributed by atoms with Crippen molar-refractivity contribution in [3.05, 3.63) is 75.6 Å². The summed E-state index contributed by atoms with van der Waals surface area (Å²) in [6.07, 6.45) is 3.53. The van der Waals surface area contributed by atoms with Crippen LogP contribution >= 0.6 is 11.3 Å². The van der Waals surface area contributed by atoms with E-state index in [-0.39, 0.29) is 0 Å². The fourth-order valence-electron chi connectivity index (χ4n) is 2.41. The van der Waals surface area contributed by atoms with Crippen LogP contribution in [0.1, 0.15) is 23.6 Å². The van der Waals surface area contributed by atoms with Crippen LogP contribution in [0.3, 0.4) is 0 Å². The first-order chi connectivity index (χ1) is 12.0. The molecule has 2 heterocycles. The second kappa shape index (κ2) is 7.49. The number of nitrogens with zero attached hydrogens (tertiary/aromatic N) is 3. The number of thiazole rings is 1. The van der Waals surface area contributed by atoms with Gasteiger partial charge < -0.3 is 4.42 Å². The Morgan fingerprint density at radius 2 is 2.16 bits per heavy atom. The molecule has 0 aliphatic carbocycles. The first kappa shape index (κ1) is 17.2. The summed E-state index contributed by atoms with van der Waals surface area (Å²) in [5.41, 5.74) is 5.42. The molecule has 0 aliphatic rings. The summed E-state index contributed by atoms with van der Waals surface area (Å²) in [7, 11) is 0. The van der Waals surface area contributed by atoms with Crippen LogP contribution < -0.4 is 4.80 Å². The van der Waals surface area contributed by atoms with Crippen molar-refractivity contribution in [2.45, 2.75) is 20.8 Å². The highest BCUT2D eigenvalue weighted by Gasteiger charge is 2.09. The highest BCUT2D eigenvalue weighted by Crippen LogP contribution is 2.20.